The smallest absolute Gasteiger partial charge is 0.339 e. The van der Waals surface area contributed by atoms with Crippen molar-refractivity contribution in [3.8, 4) is 11.4 Å². The summed E-state index contributed by atoms with van der Waals surface area (Å²) in [7, 11) is 0. The van der Waals surface area contributed by atoms with E-state index in [0.29, 0.717) is 37.6 Å². The molecule has 1 saturated heterocycles. The molecule has 1 aliphatic carbocycles. The third-order valence-electron chi connectivity index (χ3n) is 4.88. The maximum absolute atomic E-state index is 12.6. The van der Waals surface area contributed by atoms with E-state index in [4.69, 9.17) is 4.52 Å². The summed E-state index contributed by atoms with van der Waals surface area (Å²) in [6.45, 7) is 1.94. The third-order valence-corrected chi connectivity index (χ3v) is 4.88. The predicted octanol–water partition coefficient (Wildman–Crippen LogP) is 0.584. The molecule has 136 valence electrons. The van der Waals surface area contributed by atoms with Gasteiger partial charge < -0.3 is 9.80 Å². The topological polar surface area (TPSA) is 88.6 Å². The van der Waals surface area contributed by atoms with Gasteiger partial charge in [0, 0.05) is 37.7 Å². The van der Waals surface area contributed by atoms with Gasteiger partial charge in [0.1, 0.15) is 6.54 Å². The van der Waals surface area contributed by atoms with Crippen LogP contribution in [0.2, 0.25) is 0 Å². The Kier molecular flexibility index (Phi) is 4.32. The Hall–Kier alpha value is -2.90. The molecular formula is C18H20N4O4. The van der Waals surface area contributed by atoms with Crippen molar-refractivity contribution in [3.05, 3.63) is 40.9 Å². The molecule has 1 aliphatic heterocycles. The van der Waals surface area contributed by atoms with Crippen LogP contribution in [0.15, 0.2) is 39.6 Å². The number of hydrogen-bond acceptors (Lipinski definition) is 5. The summed E-state index contributed by atoms with van der Waals surface area (Å²) in [5.41, 5.74) is 0.714. The Bertz CT molecular complexity index is 861. The minimum atomic E-state index is -0.653. The fraction of sp³-hybridized carbons (Fsp3) is 0.444. The number of benzene rings is 1. The zero-order chi connectivity index (χ0) is 18.1. The van der Waals surface area contributed by atoms with Crippen LogP contribution in [0.3, 0.4) is 0 Å². The second-order valence-electron chi connectivity index (χ2n) is 6.70. The number of carbonyl (C=O) groups is 2. The molecule has 2 heterocycles. The van der Waals surface area contributed by atoms with Gasteiger partial charge in [-0.25, -0.2) is 9.36 Å². The van der Waals surface area contributed by atoms with Crippen molar-refractivity contribution in [2.24, 2.45) is 5.92 Å². The molecule has 2 aliphatic rings. The molecule has 26 heavy (non-hydrogen) atoms. The van der Waals surface area contributed by atoms with E-state index in [2.05, 4.69) is 5.16 Å². The van der Waals surface area contributed by atoms with E-state index in [1.165, 1.54) is 4.57 Å². The number of aromatic nitrogens is 2. The highest BCUT2D eigenvalue weighted by Crippen LogP contribution is 2.31. The van der Waals surface area contributed by atoms with Gasteiger partial charge in [0.15, 0.2) is 5.82 Å². The summed E-state index contributed by atoms with van der Waals surface area (Å²) in [4.78, 5) is 40.2. The van der Waals surface area contributed by atoms with Gasteiger partial charge in [-0.3, -0.25) is 14.1 Å². The number of piperazine rings is 1. The van der Waals surface area contributed by atoms with Crippen molar-refractivity contribution in [1.29, 1.82) is 0 Å². The Morgan fingerprint density at radius 2 is 1.69 bits per heavy atom. The lowest BCUT2D eigenvalue weighted by Gasteiger charge is -2.35. The van der Waals surface area contributed by atoms with Gasteiger partial charge >= 0.3 is 5.76 Å². The second kappa shape index (κ2) is 6.78. The number of nitrogens with zero attached hydrogens (tertiary/aromatic N) is 4. The third kappa shape index (κ3) is 3.26. The number of hydrogen-bond donors (Lipinski definition) is 0. The fourth-order valence-electron chi connectivity index (χ4n) is 3.20. The SMILES string of the molecule is O=C(Cn1c(-c2ccccc2)noc1=O)N1CCN(C(=O)C2CC2)CC1. The summed E-state index contributed by atoms with van der Waals surface area (Å²) < 4.78 is 6.00. The minimum absolute atomic E-state index is 0.122. The van der Waals surface area contributed by atoms with E-state index in [1.807, 2.05) is 23.1 Å². The maximum atomic E-state index is 12.6. The Morgan fingerprint density at radius 1 is 1.04 bits per heavy atom. The van der Waals surface area contributed by atoms with Crippen LogP contribution >= 0.6 is 0 Å². The van der Waals surface area contributed by atoms with Gasteiger partial charge in [0.05, 0.1) is 0 Å². The summed E-state index contributed by atoms with van der Waals surface area (Å²) in [6, 6.07) is 9.13. The Labute approximate surface area is 150 Å². The van der Waals surface area contributed by atoms with E-state index in [0.717, 1.165) is 12.8 Å². The van der Waals surface area contributed by atoms with Gasteiger partial charge in [-0.2, -0.15) is 0 Å². The largest absolute Gasteiger partial charge is 0.442 e. The Morgan fingerprint density at radius 3 is 2.35 bits per heavy atom. The van der Waals surface area contributed by atoms with E-state index in [-0.39, 0.29) is 24.3 Å². The molecule has 2 aromatic rings. The van der Waals surface area contributed by atoms with Gasteiger partial charge in [-0.05, 0) is 12.8 Å². The first-order valence-corrected chi connectivity index (χ1v) is 8.82. The van der Waals surface area contributed by atoms with Crippen molar-refractivity contribution in [2.45, 2.75) is 19.4 Å². The minimum Gasteiger partial charge on any atom is -0.339 e. The standard InChI is InChI=1S/C18H20N4O4/c23-15(20-8-10-21(11-9-20)17(24)14-6-7-14)12-22-16(19-26-18(22)25)13-4-2-1-3-5-13/h1-5,14H,6-12H2. The normalized spacial score (nSPS) is 17.4. The fourth-order valence-corrected chi connectivity index (χ4v) is 3.20. The van der Waals surface area contributed by atoms with Gasteiger partial charge in [-0.15, -0.1) is 0 Å². The first kappa shape index (κ1) is 16.6. The lowest BCUT2D eigenvalue weighted by Crippen LogP contribution is -2.52. The van der Waals surface area contributed by atoms with Crippen LogP contribution < -0.4 is 5.76 Å². The van der Waals surface area contributed by atoms with E-state index in [9.17, 15) is 14.4 Å². The van der Waals surface area contributed by atoms with E-state index in [1.54, 1.807) is 17.0 Å². The molecule has 2 fully saturated rings. The molecule has 0 radical (unpaired) electrons. The first-order chi connectivity index (χ1) is 12.6. The van der Waals surface area contributed by atoms with Crippen LogP contribution in [-0.2, 0) is 16.1 Å². The van der Waals surface area contributed by atoms with Crippen LogP contribution in [0.5, 0.6) is 0 Å². The summed E-state index contributed by atoms with van der Waals surface area (Å²) in [5.74, 6) is -0.0859. The average Bonchev–Trinajstić information content (AvgIpc) is 3.47. The number of carbonyl (C=O) groups excluding carboxylic acids is 2. The van der Waals surface area contributed by atoms with E-state index >= 15 is 0 Å². The lowest BCUT2D eigenvalue weighted by molar-refractivity contribution is -0.140. The molecule has 1 aromatic heterocycles. The number of rotatable bonds is 4. The van der Waals surface area contributed by atoms with Gasteiger partial charge in [-0.1, -0.05) is 35.5 Å². The highest BCUT2D eigenvalue weighted by Gasteiger charge is 2.35. The molecule has 0 bridgehead atoms. The molecule has 4 rings (SSSR count). The van der Waals surface area contributed by atoms with Crippen molar-refractivity contribution >= 4 is 11.8 Å². The monoisotopic (exact) mass is 356 g/mol. The van der Waals surface area contributed by atoms with Gasteiger partial charge in [0.25, 0.3) is 0 Å². The maximum Gasteiger partial charge on any atom is 0.442 e. The highest BCUT2D eigenvalue weighted by molar-refractivity contribution is 5.82. The van der Waals surface area contributed by atoms with Crippen molar-refractivity contribution in [3.63, 3.8) is 0 Å². The zero-order valence-electron chi connectivity index (χ0n) is 14.3. The molecule has 2 amide bonds. The molecule has 0 unspecified atom stereocenters. The highest BCUT2D eigenvalue weighted by atomic mass is 16.5. The molecule has 8 heteroatoms. The van der Waals surface area contributed by atoms with Crippen LogP contribution in [0, 0.1) is 5.92 Å². The molecule has 1 saturated carbocycles. The lowest BCUT2D eigenvalue weighted by atomic mass is 10.2. The predicted molar refractivity (Wildman–Crippen MR) is 92.1 cm³/mol. The molecule has 0 atom stereocenters. The van der Waals surface area contributed by atoms with Crippen molar-refractivity contribution in [2.75, 3.05) is 26.2 Å². The first-order valence-electron chi connectivity index (χ1n) is 8.82. The van der Waals surface area contributed by atoms with Crippen molar-refractivity contribution in [1.82, 2.24) is 19.5 Å². The molecule has 0 N–H and O–H groups in total. The summed E-state index contributed by atoms with van der Waals surface area (Å²) in [6.07, 6.45) is 1.97. The van der Waals surface area contributed by atoms with Crippen LogP contribution in [0.4, 0.5) is 0 Å². The quantitative estimate of drug-likeness (QED) is 0.800. The molecular weight excluding hydrogens is 336 g/mol. The van der Waals surface area contributed by atoms with E-state index < -0.39 is 5.76 Å². The molecule has 0 spiro atoms. The second-order valence-corrected chi connectivity index (χ2v) is 6.70. The van der Waals surface area contributed by atoms with Gasteiger partial charge in [0.2, 0.25) is 11.8 Å². The number of amides is 2. The molecule has 8 nitrogen and oxygen atoms in total. The Balaban J connectivity index is 1.42. The molecule has 1 aromatic carbocycles. The summed E-state index contributed by atoms with van der Waals surface area (Å²) >= 11 is 0. The zero-order valence-corrected chi connectivity index (χ0v) is 14.3. The average molecular weight is 356 g/mol. The summed E-state index contributed by atoms with van der Waals surface area (Å²) in [5, 5.41) is 3.80. The van der Waals surface area contributed by atoms with Crippen LogP contribution in [0.1, 0.15) is 12.8 Å². The van der Waals surface area contributed by atoms with Crippen molar-refractivity contribution < 1.29 is 14.1 Å². The van der Waals surface area contributed by atoms with Crippen LogP contribution in [-0.4, -0.2) is 57.5 Å². The van der Waals surface area contributed by atoms with Crippen LogP contribution in [0.25, 0.3) is 11.4 Å².